The molecule has 0 radical (unpaired) electrons. The molecule has 38 heavy (non-hydrogen) atoms. The van der Waals surface area contributed by atoms with Crippen LogP contribution in [0.1, 0.15) is 50.6 Å². The first-order chi connectivity index (χ1) is 17.9. The zero-order valence-electron chi connectivity index (χ0n) is 20.7. The molecule has 1 heterocycles. The van der Waals surface area contributed by atoms with Gasteiger partial charge in [0.15, 0.2) is 0 Å². The average molecular weight is 542 g/mol. The molecule has 0 aliphatic heterocycles. The highest BCUT2D eigenvalue weighted by molar-refractivity contribution is 5.94. The Bertz CT molecular complexity index is 955. The van der Waals surface area contributed by atoms with E-state index in [-0.39, 0.29) is 25.7 Å². The first kappa shape index (κ1) is 32.0. The Kier molecular flexibility index (Phi) is 14.0. The standard InChI is InChI=1S/C22H35N7O9/c23-8-2-1-3-15(22(37)38)28-21(36)16(9-12-10-25-11-26-12)29-20(35)14(5-7-18(32)33)27-19(34)13(24)4-6-17(30)31/h10-11,13-16H,1-9,23-24H2,(H,25,26)(H,27,34)(H,28,36)(H,29,35)(H,30,31)(H,32,33)(H,37,38). The van der Waals surface area contributed by atoms with E-state index in [9.17, 15) is 33.9 Å². The molecule has 4 atom stereocenters. The third kappa shape index (κ3) is 12.3. The molecule has 16 heteroatoms. The van der Waals surface area contributed by atoms with Gasteiger partial charge in [-0.15, -0.1) is 0 Å². The number of unbranched alkanes of at least 4 members (excludes halogenated alkanes) is 1. The summed E-state index contributed by atoms with van der Waals surface area (Å²) in [5.74, 6) is -6.32. The van der Waals surface area contributed by atoms with Gasteiger partial charge in [-0.05, 0) is 38.6 Å². The van der Waals surface area contributed by atoms with Gasteiger partial charge in [-0.25, -0.2) is 9.78 Å². The highest BCUT2D eigenvalue weighted by Gasteiger charge is 2.31. The van der Waals surface area contributed by atoms with E-state index >= 15 is 0 Å². The Hall–Kier alpha value is -4.05. The van der Waals surface area contributed by atoms with Crippen molar-refractivity contribution in [3.05, 3.63) is 18.2 Å². The van der Waals surface area contributed by atoms with Gasteiger partial charge in [0.1, 0.15) is 18.1 Å². The van der Waals surface area contributed by atoms with Gasteiger partial charge >= 0.3 is 17.9 Å². The average Bonchev–Trinajstić information content (AvgIpc) is 3.36. The lowest BCUT2D eigenvalue weighted by Gasteiger charge is -2.25. The van der Waals surface area contributed by atoms with Crippen LogP contribution in [-0.2, 0) is 35.2 Å². The van der Waals surface area contributed by atoms with Crippen LogP contribution in [0.25, 0.3) is 0 Å². The maximum atomic E-state index is 13.1. The molecule has 0 bridgehead atoms. The number of carboxylic acid groups (broad SMARTS) is 3. The summed E-state index contributed by atoms with van der Waals surface area (Å²) in [6.45, 7) is 0.349. The summed E-state index contributed by atoms with van der Waals surface area (Å²) in [5.41, 5.74) is 11.5. The fourth-order valence-electron chi connectivity index (χ4n) is 3.35. The van der Waals surface area contributed by atoms with Crippen LogP contribution in [0.15, 0.2) is 12.5 Å². The van der Waals surface area contributed by atoms with Crippen molar-refractivity contribution in [3.63, 3.8) is 0 Å². The quantitative estimate of drug-likeness (QED) is 0.0834. The third-order valence-corrected chi connectivity index (χ3v) is 5.46. The Morgan fingerprint density at radius 3 is 1.95 bits per heavy atom. The zero-order valence-corrected chi connectivity index (χ0v) is 20.7. The normalized spacial score (nSPS) is 13.9. The Morgan fingerprint density at radius 2 is 1.39 bits per heavy atom. The third-order valence-electron chi connectivity index (χ3n) is 5.46. The molecule has 0 saturated carbocycles. The number of nitrogens with two attached hydrogens (primary N) is 2. The number of carbonyl (C=O) groups excluding carboxylic acids is 3. The van der Waals surface area contributed by atoms with E-state index in [0.717, 1.165) is 0 Å². The lowest BCUT2D eigenvalue weighted by Crippen LogP contribution is -2.57. The Labute approximate surface area is 217 Å². The summed E-state index contributed by atoms with van der Waals surface area (Å²) in [6.07, 6.45) is 2.23. The summed E-state index contributed by atoms with van der Waals surface area (Å²) >= 11 is 0. The molecule has 212 valence electrons. The minimum Gasteiger partial charge on any atom is -0.481 e. The molecular weight excluding hydrogens is 506 g/mol. The van der Waals surface area contributed by atoms with Crippen molar-refractivity contribution in [2.75, 3.05) is 6.54 Å². The maximum Gasteiger partial charge on any atom is 0.326 e. The number of nitrogens with zero attached hydrogens (tertiary/aromatic N) is 1. The number of imidazole rings is 1. The van der Waals surface area contributed by atoms with Gasteiger partial charge in [-0.3, -0.25) is 24.0 Å². The number of H-pyrrole nitrogens is 1. The number of carboxylic acids is 3. The van der Waals surface area contributed by atoms with Crippen molar-refractivity contribution < 1.29 is 44.1 Å². The van der Waals surface area contributed by atoms with E-state index < -0.39 is 72.6 Å². The van der Waals surface area contributed by atoms with Crippen LogP contribution in [0, 0.1) is 0 Å². The van der Waals surface area contributed by atoms with E-state index in [1.165, 1.54) is 12.5 Å². The number of nitrogens with one attached hydrogen (secondary N) is 4. The number of aliphatic carboxylic acids is 3. The molecule has 0 aliphatic rings. The lowest BCUT2D eigenvalue weighted by atomic mass is 10.0. The molecule has 0 aromatic carbocycles. The molecule has 11 N–H and O–H groups in total. The molecule has 1 aromatic rings. The molecule has 0 fully saturated rings. The number of aromatic nitrogens is 2. The van der Waals surface area contributed by atoms with Crippen LogP contribution in [-0.4, -0.2) is 91.6 Å². The molecule has 16 nitrogen and oxygen atoms in total. The summed E-state index contributed by atoms with van der Waals surface area (Å²) in [6, 6.07) is -5.26. The van der Waals surface area contributed by atoms with Crippen LogP contribution >= 0.6 is 0 Å². The monoisotopic (exact) mass is 541 g/mol. The first-order valence-electron chi connectivity index (χ1n) is 11.9. The van der Waals surface area contributed by atoms with E-state index in [1.807, 2.05) is 0 Å². The van der Waals surface area contributed by atoms with Crippen molar-refractivity contribution in [2.45, 2.75) is 75.5 Å². The molecule has 0 spiro atoms. The number of hydrogen-bond donors (Lipinski definition) is 9. The molecule has 4 unspecified atom stereocenters. The van der Waals surface area contributed by atoms with Crippen LogP contribution in [0.2, 0.25) is 0 Å². The number of hydrogen-bond acceptors (Lipinski definition) is 9. The van der Waals surface area contributed by atoms with Crippen LogP contribution in [0.4, 0.5) is 0 Å². The summed E-state index contributed by atoms with van der Waals surface area (Å²) in [7, 11) is 0. The number of carbonyl (C=O) groups is 6. The number of aromatic amines is 1. The maximum absolute atomic E-state index is 13.1. The van der Waals surface area contributed by atoms with Gasteiger partial charge < -0.3 is 47.7 Å². The van der Waals surface area contributed by atoms with Gasteiger partial charge in [0, 0.05) is 31.2 Å². The molecular formula is C22H35N7O9. The van der Waals surface area contributed by atoms with Gasteiger partial charge in [-0.2, -0.15) is 0 Å². The molecule has 1 aromatic heterocycles. The minimum absolute atomic E-state index is 0.106. The smallest absolute Gasteiger partial charge is 0.326 e. The van der Waals surface area contributed by atoms with Gasteiger partial charge in [0.25, 0.3) is 0 Å². The van der Waals surface area contributed by atoms with E-state index in [2.05, 4.69) is 25.9 Å². The van der Waals surface area contributed by atoms with Crippen molar-refractivity contribution >= 4 is 35.6 Å². The van der Waals surface area contributed by atoms with Crippen molar-refractivity contribution in [1.82, 2.24) is 25.9 Å². The van der Waals surface area contributed by atoms with Crippen molar-refractivity contribution in [3.8, 4) is 0 Å². The highest BCUT2D eigenvalue weighted by atomic mass is 16.4. The Morgan fingerprint density at radius 1 is 0.816 bits per heavy atom. The fourth-order valence-corrected chi connectivity index (χ4v) is 3.35. The second-order valence-corrected chi connectivity index (χ2v) is 8.56. The van der Waals surface area contributed by atoms with E-state index in [0.29, 0.717) is 25.1 Å². The second-order valence-electron chi connectivity index (χ2n) is 8.56. The van der Waals surface area contributed by atoms with Gasteiger partial charge in [0.05, 0.1) is 12.4 Å². The van der Waals surface area contributed by atoms with Crippen LogP contribution in [0.5, 0.6) is 0 Å². The van der Waals surface area contributed by atoms with E-state index in [1.54, 1.807) is 0 Å². The first-order valence-corrected chi connectivity index (χ1v) is 11.9. The molecule has 1 rings (SSSR count). The van der Waals surface area contributed by atoms with Crippen molar-refractivity contribution in [2.24, 2.45) is 11.5 Å². The van der Waals surface area contributed by atoms with Crippen LogP contribution in [0.3, 0.4) is 0 Å². The fraction of sp³-hybridized carbons (Fsp3) is 0.591. The zero-order chi connectivity index (χ0) is 28.7. The largest absolute Gasteiger partial charge is 0.481 e. The summed E-state index contributed by atoms with van der Waals surface area (Å²) in [5, 5.41) is 34.4. The lowest BCUT2D eigenvalue weighted by molar-refractivity contribution is -0.142. The molecule has 0 aliphatic carbocycles. The van der Waals surface area contributed by atoms with Crippen LogP contribution < -0.4 is 27.4 Å². The number of amides is 3. The molecule has 3 amide bonds. The van der Waals surface area contributed by atoms with Gasteiger partial charge in [-0.1, -0.05) is 0 Å². The van der Waals surface area contributed by atoms with Gasteiger partial charge in [0.2, 0.25) is 17.7 Å². The Balaban J connectivity index is 3.05. The van der Waals surface area contributed by atoms with Crippen molar-refractivity contribution in [1.29, 1.82) is 0 Å². The molecule has 0 saturated heterocycles. The second kappa shape index (κ2) is 16.6. The predicted molar refractivity (Wildman–Crippen MR) is 130 cm³/mol. The predicted octanol–water partition coefficient (Wildman–Crippen LogP) is -2.32. The topological polar surface area (TPSA) is 280 Å². The summed E-state index contributed by atoms with van der Waals surface area (Å²) in [4.78, 5) is 78.6. The summed E-state index contributed by atoms with van der Waals surface area (Å²) < 4.78 is 0. The highest BCUT2D eigenvalue weighted by Crippen LogP contribution is 2.07. The minimum atomic E-state index is -1.42. The SMILES string of the molecule is NCCCCC(NC(=O)C(Cc1cnc[nH]1)NC(=O)C(CCC(=O)O)NC(=O)C(N)CCC(=O)O)C(=O)O. The van der Waals surface area contributed by atoms with E-state index in [4.69, 9.17) is 21.7 Å². The number of rotatable bonds is 19.